The minimum absolute atomic E-state index is 0.105. The predicted molar refractivity (Wildman–Crippen MR) is 126 cm³/mol. The molecule has 2 heterocycles. The molecule has 2 aliphatic rings. The van der Waals surface area contributed by atoms with Gasteiger partial charge in [-0.1, -0.05) is 60.6 Å². The number of aldehydes is 1. The Balaban J connectivity index is 1.92. The van der Waals surface area contributed by atoms with E-state index in [1.54, 1.807) is 7.11 Å². The summed E-state index contributed by atoms with van der Waals surface area (Å²) in [5.74, 6) is 0.681. The first-order valence-electron chi connectivity index (χ1n) is 11.8. The Morgan fingerprint density at radius 2 is 1.59 bits per heavy atom. The highest BCUT2D eigenvalue weighted by Crippen LogP contribution is 2.46. The number of ether oxygens (including phenoxy) is 4. The van der Waals surface area contributed by atoms with Gasteiger partial charge in [0.1, 0.15) is 30.3 Å². The van der Waals surface area contributed by atoms with E-state index in [0.717, 1.165) is 17.6 Å². The molecule has 7 heteroatoms. The predicted octanol–water partition coefficient (Wildman–Crippen LogP) is 5.27. The molecular weight excluding hydrogens is 424 g/mol. The third-order valence-electron chi connectivity index (χ3n) is 7.32. The molecule has 32 heavy (non-hydrogen) atoms. The van der Waals surface area contributed by atoms with Gasteiger partial charge in [-0.3, -0.25) is 0 Å². The summed E-state index contributed by atoms with van der Waals surface area (Å²) in [6, 6.07) is 7.71. The summed E-state index contributed by atoms with van der Waals surface area (Å²) in [6.07, 6.45) is -0.998. The molecular formula is C25H40O6Si. The summed E-state index contributed by atoms with van der Waals surface area (Å²) in [6.45, 7) is 16.0. The van der Waals surface area contributed by atoms with Crippen LogP contribution < -0.4 is 4.74 Å². The fourth-order valence-corrected chi connectivity index (χ4v) is 11.3. The molecule has 2 saturated heterocycles. The van der Waals surface area contributed by atoms with Crippen molar-refractivity contribution in [3.63, 3.8) is 0 Å². The van der Waals surface area contributed by atoms with Gasteiger partial charge < -0.3 is 28.2 Å². The van der Waals surface area contributed by atoms with E-state index in [1.807, 2.05) is 31.2 Å². The molecule has 0 radical (unpaired) electrons. The van der Waals surface area contributed by atoms with Crippen molar-refractivity contribution in [2.45, 2.75) is 95.8 Å². The fraction of sp³-hybridized carbons (Fsp3) is 0.720. The zero-order valence-corrected chi connectivity index (χ0v) is 21.7. The summed E-state index contributed by atoms with van der Waals surface area (Å²) in [5.41, 5.74) is 2.22. The number of carbonyl (C=O) groups excluding carboxylic acids is 1. The normalized spacial score (nSPS) is 31.1. The fourth-order valence-electron chi connectivity index (χ4n) is 5.67. The Labute approximate surface area is 194 Å². The monoisotopic (exact) mass is 464 g/mol. The highest BCUT2D eigenvalue weighted by atomic mass is 28.4. The van der Waals surface area contributed by atoms with Crippen LogP contribution >= 0.6 is 0 Å². The lowest BCUT2D eigenvalue weighted by atomic mass is 9.88. The van der Waals surface area contributed by atoms with E-state index in [9.17, 15) is 4.79 Å². The number of carbonyl (C=O) groups is 1. The van der Waals surface area contributed by atoms with Crippen LogP contribution in [0.4, 0.5) is 0 Å². The van der Waals surface area contributed by atoms with Gasteiger partial charge in [0, 0.05) is 11.5 Å². The first-order valence-corrected chi connectivity index (χ1v) is 14.0. The summed E-state index contributed by atoms with van der Waals surface area (Å²) < 4.78 is 31.1. The lowest BCUT2D eigenvalue weighted by Gasteiger charge is -2.53. The summed E-state index contributed by atoms with van der Waals surface area (Å²) in [5, 5.41) is 0. The number of rotatable bonds is 8. The smallest absolute Gasteiger partial charge is 0.200 e. The minimum atomic E-state index is -2.20. The Morgan fingerprint density at radius 3 is 2.09 bits per heavy atom. The molecule has 1 aromatic carbocycles. The van der Waals surface area contributed by atoms with Crippen LogP contribution in [0, 0.1) is 5.92 Å². The van der Waals surface area contributed by atoms with Crippen molar-refractivity contribution in [1.82, 2.24) is 0 Å². The summed E-state index contributed by atoms with van der Waals surface area (Å²) in [4.78, 5) is 11.8. The minimum Gasteiger partial charge on any atom is -0.497 e. The van der Waals surface area contributed by atoms with Crippen LogP contribution in [-0.4, -0.2) is 52.7 Å². The second-order valence-corrected chi connectivity index (χ2v) is 15.5. The average Bonchev–Trinajstić information content (AvgIpc) is 2.77. The van der Waals surface area contributed by atoms with Gasteiger partial charge in [-0.2, -0.15) is 0 Å². The van der Waals surface area contributed by atoms with E-state index in [1.165, 1.54) is 0 Å². The zero-order valence-electron chi connectivity index (χ0n) is 20.7. The van der Waals surface area contributed by atoms with Crippen LogP contribution in [0.25, 0.3) is 0 Å². The number of hydrogen-bond acceptors (Lipinski definition) is 6. The molecule has 6 nitrogen and oxygen atoms in total. The van der Waals surface area contributed by atoms with Crippen molar-refractivity contribution in [1.29, 1.82) is 0 Å². The highest BCUT2D eigenvalue weighted by molar-refractivity contribution is 6.77. The quantitative estimate of drug-likeness (QED) is 0.386. The topological polar surface area (TPSA) is 63.2 Å². The van der Waals surface area contributed by atoms with Crippen molar-refractivity contribution in [3.8, 4) is 5.75 Å². The van der Waals surface area contributed by atoms with Gasteiger partial charge in [-0.25, -0.2) is 0 Å². The maximum Gasteiger partial charge on any atom is 0.200 e. The molecule has 0 aromatic heterocycles. The van der Waals surface area contributed by atoms with E-state index in [-0.39, 0.29) is 24.2 Å². The van der Waals surface area contributed by atoms with Crippen LogP contribution in [0.15, 0.2) is 24.3 Å². The molecule has 3 rings (SSSR count). The molecule has 180 valence electrons. The van der Waals surface area contributed by atoms with Crippen LogP contribution in [0.1, 0.15) is 60.3 Å². The summed E-state index contributed by atoms with van der Waals surface area (Å²) >= 11 is 0. The second-order valence-electron chi connectivity index (χ2n) is 10.1. The van der Waals surface area contributed by atoms with Crippen molar-refractivity contribution >= 4 is 14.6 Å². The number of benzene rings is 1. The van der Waals surface area contributed by atoms with Crippen LogP contribution in [0.2, 0.25) is 16.6 Å². The standard InChI is InChI=1S/C25H40O6Si/c1-15(2)32(16(3)4,17(5)6)31-23-18(7)21(13-26)29-22-14-28-25(30-24(22)23)19-9-11-20(27-8)12-10-19/h9-13,15-18,21-25H,14H2,1-8H3/t18-,21-,22+,23+,24+,25?/m0/s1. The first kappa shape index (κ1) is 25.4. The molecule has 2 fully saturated rings. The maximum atomic E-state index is 11.8. The molecule has 0 spiro atoms. The first-order chi connectivity index (χ1) is 15.1. The molecule has 6 atom stereocenters. The third-order valence-corrected chi connectivity index (χ3v) is 13.4. The number of hydrogen-bond donors (Lipinski definition) is 0. The van der Waals surface area contributed by atoms with Gasteiger partial charge in [0.15, 0.2) is 6.29 Å². The van der Waals surface area contributed by atoms with E-state index >= 15 is 0 Å². The van der Waals surface area contributed by atoms with E-state index in [4.69, 9.17) is 23.4 Å². The molecule has 2 aliphatic heterocycles. The van der Waals surface area contributed by atoms with Crippen LogP contribution in [-0.2, 0) is 23.4 Å². The Bertz CT molecular complexity index is 728. The Kier molecular flexibility index (Phi) is 8.20. The van der Waals surface area contributed by atoms with Gasteiger partial charge in [-0.05, 0) is 28.8 Å². The van der Waals surface area contributed by atoms with Gasteiger partial charge in [0.2, 0.25) is 8.32 Å². The van der Waals surface area contributed by atoms with Gasteiger partial charge >= 0.3 is 0 Å². The van der Waals surface area contributed by atoms with E-state index in [2.05, 4.69) is 41.5 Å². The molecule has 0 saturated carbocycles. The molecule has 1 aromatic rings. The molecule has 0 amide bonds. The zero-order chi connectivity index (χ0) is 23.6. The van der Waals surface area contributed by atoms with Gasteiger partial charge in [0.25, 0.3) is 0 Å². The summed E-state index contributed by atoms with van der Waals surface area (Å²) in [7, 11) is -0.551. The molecule has 0 N–H and O–H groups in total. The number of methoxy groups -OCH3 is 1. The number of fused-ring (bicyclic) bond motifs is 1. The molecule has 0 aliphatic carbocycles. The maximum absolute atomic E-state index is 11.8. The van der Waals surface area contributed by atoms with Crippen LogP contribution in [0.3, 0.4) is 0 Å². The average molecular weight is 465 g/mol. The third kappa shape index (κ3) is 4.68. The molecule has 0 bridgehead atoms. The van der Waals surface area contributed by atoms with Crippen molar-refractivity contribution < 1.29 is 28.2 Å². The van der Waals surface area contributed by atoms with Gasteiger partial charge in [-0.15, -0.1) is 0 Å². The SMILES string of the molecule is COc1ccc(C2OC[C@H]3O[C@@H](C=O)[C@H](C)[C@@H](O[Si](C(C)C)(C(C)C)C(C)C)[C@@H]3O2)cc1. The Hall–Kier alpha value is -1.25. The lowest BCUT2D eigenvalue weighted by Crippen LogP contribution is -2.63. The Morgan fingerprint density at radius 1 is 1.00 bits per heavy atom. The molecule has 1 unspecified atom stereocenters. The van der Waals surface area contributed by atoms with Crippen molar-refractivity contribution in [3.05, 3.63) is 29.8 Å². The highest BCUT2D eigenvalue weighted by Gasteiger charge is 2.54. The van der Waals surface area contributed by atoms with E-state index < -0.39 is 20.7 Å². The second kappa shape index (κ2) is 10.3. The largest absolute Gasteiger partial charge is 0.497 e. The van der Waals surface area contributed by atoms with Gasteiger partial charge in [0.05, 0.1) is 19.8 Å². The van der Waals surface area contributed by atoms with Crippen molar-refractivity contribution in [2.24, 2.45) is 5.92 Å². The lowest BCUT2D eigenvalue weighted by molar-refractivity contribution is -0.313. The van der Waals surface area contributed by atoms with Crippen LogP contribution in [0.5, 0.6) is 5.75 Å². The van der Waals surface area contributed by atoms with E-state index in [0.29, 0.717) is 23.2 Å². The van der Waals surface area contributed by atoms with Crippen molar-refractivity contribution in [2.75, 3.05) is 13.7 Å².